The molecule has 0 radical (unpaired) electrons. The van der Waals surface area contributed by atoms with E-state index >= 15 is 0 Å². The topological polar surface area (TPSA) is 87.7 Å². The maximum atomic E-state index is 11.9. The van der Waals surface area contributed by atoms with E-state index < -0.39 is 5.92 Å². The average Bonchev–Trinajstić information content (AvgIpc) is 2.32. The summed E-state index contributed by atoms with van der Waals surface area (Å²) in [4.78, 5) is 11.9. The summed E-state index contributed by atoms with van der Waals surface area (Å²) >= 11 is 2.13. The fourth-order valence-electron chi connectivity index (χ4n) is 1.38. The number of hydrogen-bond acceptors (Lipinski definition) is 3. The molecule has 6 heteroatoms. The van der Waals surface area contributed by atoms with Crippen LogP contribution in [0.3, 0.4) is 0 Å². The van der Waals surface area contributed by atoms with Crippen LogP contribution in [0.2, 0.25) is 0 Å². The summed E-state index contributed by atoms with van der Waals surface area (Å²) in [5.74, 6) is -0.959. The molecule has 92 valence electrons. The highest BCUT2D eigenvalue weighted by Crippen LogP contribution is 2.18. The Balaban J connectivity index is 2.82. The Morgan fingerprint density at radius 1 is 1.59 bits per heavy atom. The SMILES string of the molecule is CCC(C(=O)Nc1ccccc1I)/C(N)=N/O. The Morgan fingerprint density at radius 3 is 2.76 bits per heavy atom. The number of benzene rings is 1. The molecule has 17 heavy (non-hydrogen) atoms. The second kappa shape index (κ2) is 6.43. The van der Waals surface area contributed by atoms with Gasteiger partial charge in [0.2, 0.25) is 5.91 Å². The molecule has 0 aliphatic rings. The molecule has 0 spiro atoms. The second-order valence-electron chi connectivity index (χ2n) is 3.45. The third-order valence-corrected chi connectivity index (χ3v) is 3.27. The van der Waals surface area contributed by atoms with Gasteiger partial charge in [0.05, 0.1) is 11.6 Å². The highest BCUT2D eigenvalue weighted by molar-refractivity contribution is 14.1. The molecule has 0 fully saturated rings. The summed E-state index contributed by atoms with van der Waals surface area (Å²) in [6.45, 7) is 1.80. The summed E-state index contributed by atoms with van der Waals surface area (Å²) in [6.07, 6.45) is 0.477. The molecule has 0 aliphatic heterocycles. The van der Waals surface area contributed by atoms with Crippen molar-refractivity contribution in [3.8, 4) is 0 Å². The monoisotopic (exact) mass is 347 g/mol. The van der Waals surface area contributed by atoms with Crippen molar-refractivity contribution >= 4 is 40.0 Å². The number of nitrogens with two attached hydrogens (primary N) is 1. The molecular formula is C11H14IN3O2. The van der Waals surface area contributed by atoms with Gasteiger partial charge in [-0.2, -0.15) is 0 Å². The van der Waals surface area contributed by atoms with Crippen LogP contribution < -0.4 is 11.1 Å². The van der Waals surface area contributed by atoms with Gasteiger partial charge in [0.25, 0.3) is 0 Å². The van der Waals surface area contributed by atoms with Gasteiger partial charge in [0, 0.05) is 3.57 Å². The van der Waals surface area contributed by atoms with Gasteiger partial charge in [-0.15, -0.1) is 0 Å². The molecule has 0 bridgehead atoms. The Kier molecular flexibility index (Phi) is 5.20. The van der Waals surface area contributed by atoms with Crippen LogP contribution in [0.5, 0.6) is 0 Å². The normalized spacial score (nSPS) is 13.2. The van der Waals surface area contributed by atoms with Crippen molar-refractivity contribution in [2.24, 2.45) is 16.8 Å². The van der Waals surface area contributed by atoms with Crippen LogP contribution in [0.25, 0.3) is 0 Å². The molecular weight excluding hydrogens is 333 g/mol. The van der Waals surface area contributed by atoms with Gasteiger partial charge in [-0.1, -0.05) is 24.2 Å². The van der Waals surface area contributed by atoms with Crippen molar-refractivity contribution < 1.29 is 10.0 Å². The fourth-order valence-corrected chi connectivity index (χ4v) is 1.90. The molecule has 5 nitrogen and oxygen atoms in total. The molecule has 1 rings (SSSR count). The molecule has 1 aromatic carbocycles. The Hall–Kier alpha value is -1.31. The Morgan fingerprint density at radius 2 is 2.24 bits per heavy atom. The molecule has 1 amide bonds. The maximum Gasteiger partial charge on any atom is 0.235 e. The van der Waals surface area contributed by atoms with Crippen molar-refractivity contribution in [2.45, 2.75) is 13.3 Å². The van der Waals surface area contributed by atoms with Gasteiger partial charge in [-0.3, -0.25) is 4.79 Å². The first-order chi connectivity index (χ1) is 8.10. The van der Waals surface area contributed by atoms with Gasteiger partial charge in [-0.25, -0.2) is 0 Å². The van der Waals surface area contributed by atoms with Crippen LogP contribution >= 0.6 is 22.6 Å². The molecule has 1 unspecified atom stereocenters. The van der Waals surface area contributed by atoms with Crippen molar-refractivity contribution in [3.63, 3.8) is 0 Å². The number of carbonyl (C=O) groups excluding carboxylic acids is 1. The number of nitrogens with one attached hydrogen (secondary N) is 1. The number of rotatable bonds is 4. The molecule has 0 heterocycles. The fraction of sp³-hybridized carbons (Fsp3) is 0.273. The van der Waals surface area contributed by atoms with E-state index in [1.165, 1.54) is 0 Å². The van der Waals surface area contributed by atoms with Crippen molar-refractivity contribution in [3.05, 3.63) is 27.8 Å². The average molecular weight is 347 g/mol. The smallest absolute Gasteiger partial charge is 0.235 e. The van der Waals surface area contributed by atoms with Crippen LogP contribution in [-0.4, -0.2) is 17.0 Å². The lowest BCUT2D eigenvalue weighted by atomic mass is 10.0. The lowest BCUT2D eigenvalue weighted by molar-refractivity contribution is -0.118. The van der Waals surface area contributed by atoms with E-state index in [9.17, 15) is 4.79 Å². The number of amidine groups is 1. The first-order valence-corrected chi connectivity index (χ1v) is 6.20. The minimum atomic E-state index is -0.615. The van der Waals surface area contributed by atoms with Crippen LogP contribution in [0.1, 0.15) is 13.3 Å². The number of para-hydroxylation sites is 1. The van der Waals surface area contributed by atoms with Gasteiger partial charge in [0.1, 0.15) is 0 Å². The number of nitrogens with zero attached hydrogens (tertiary/aromatic N) is 1. The Bertz CT molecular complexity index is 434. The van der Waals surface area contributed by atoms with Crippen molar-refractivity contribution in [1.82, 2.24) is 0 Å². The molecule has 0 aliphatic carbocycles. The number of amides is 1. The van der Waals surface area contributed by atoms with Gasteiger partial charge in [0.15, 0.2) is 5.84 Å². The lowest BCUT2D eigenvalue weighted by Crippen LogP contribution is -2.34. The standard InChI is InChI=1S/C11H14IN3O2/c1-2-7(10(13)15-17)11(16)14-9-6-4-3-5-8(9)12/h3-7,17H,2H2,1H3,(H2,13,15)(H,14,16). The zero-order valence-electron chi connectivity index (χ0n) is 9.35. The predicted molar refractivity (Wildman–Crippen MR) is 75.0 cm³/mol. The van der Waals surface area contributed by atoms with E-state index in [4.69, 9.17) is 10.9 Å². The molecule has 4 N–H and O–H groups in total. The summed E-state index contributed by atoms with van der Waals surface area (Å²) in [7, 11) is 0. The predicted octanol–water partition coefficient (Wildman–Crippen LogP) is 2.00. The molecule has 0 saturated heterocycles. The lowest BCUT2D eigenvalue weighted by Gasteiger charge is -2.14. The summed E-state index contributed by atoms with van der Waals surface area (Å²) in [5, 5.41) is 14.2. The zero-order valence-corrected chi connectivity index (χ0v) is 11.5. The quantitative estimate of drug-likeness (QED) is 0.256. The van der Waals surface area contributed by atoms with Gasteiger partial charge >= 0.3 is 0 Å². The van der Waals surface area contributed by atoms with Gasteiger partial charge < -0.3 is 16.3 Å². The van der Waals surface area contributed by atoms with E-state index in [-0.39, 0.29) is 11.7 Å². The van der Waals surface area contributed by atoms with Crippen LogP contribution in [0, 0.1) is 9.49 Å². The highest BCUT2D eigenvalue weighted by Gasteiger charge is 2.21. The molecule has 0 aromatic heterocycles. The summed E-state index contributed by atoms with van der Waals surface area (Å²) in [5.41, 5.74) is 6.18. The maximum absolute atomic E-state index is 11.9. The largest absolute Gasteiger partial charge is 0.409 e. The first-order valence-electron chi connectivity index (χ1n) is 5.13. The van der Waals surface area contributed by atoms with Crippen LogP contribution in [-0.2, 0) is 4.79 Å². The highest BCUT2D eigenvalue weighted by atomic mass is 127. The number of carbonyl (C=O) groups is 1. The summed E-state index contributed by atoms with van der Waals surface area (Å²) < 4.78 is 0.938. The number of hydrogen-bond donors (Lipinski definition) is 3. The molecule has 1 atom stereocenters. The van der Waals surface area contributed by atoms with Crippen molar-refractivity contribution in [2.75, 3.05) is 5.32 Å². The Labute approximate surface area is 113 Å². The number of halogens is 1. The van der Waals surface area contributed by atoms with E-state index in [0.29, 0.717) is 6.42 Å². The van der Waals surface area contributed by atoms with Crippen molar-refractivity contribution in [1.29, 1.82) is 0 Å². The van der Waals surface area contributed by atoms with E-state index in [1.54, 1.807) is 13.0 Å². The minimum Gasteiger partial charge on any atom is -0.409 e. The zero-order chi connectivity index (χ0) is 12.8. The van der Waals surface area contributed by atoms with E-state index in [2.05, 4.69) is 33.1 Å². The number of anilines is 1. The third kappa shape index (κ3) is 3.58. The molecule has 1 aromatic rings. The minimum absolute atomic E-state index is 0.0732. The van der Waals surface area contributed by atoms with Crippen LogP contribution in [0.4, 0.5) is 5.69 Å². The van der Waals surface area contributed by atoms with Gasteiger partial charge in [-0.05, 0) is 41.1 Å². The van der Waals surface area contributed by atoms with E-state index in [1.807, 2.05) is 18.2 Å². The first kappa shape index (κ1) is 13.8. The second-order valence-corrected chi connectivity index (χ2v) is 4.62. The van der Waals surface area contributed by atoms with Crippen LogP contribution in [0.15, 0.2) is 29.4 Å². The number of oxime groups is 1. The summed E-state index contributed by atoms with van der Waals surface area (Å²) in [6, 6.07) is 7.42. The molecule has 0 saturated carbocycles. The third-order valence-electron chi connectivity index (χ3n) is 2.33. The van der Waals surface area contributed by atoms with E-state index in [0.717, 1.165) is 9.26 Å².